The van der Waals surface area contributed by atoms with E-state index >= 15 is 0 Å². The molecule has 0 bridgehead atoms. The average molecular weight is 243 g/mol. The molecular weight excluding hydrogens is 222 g/mol. The molecule has 0 radical (unpaired) electrons. The maximum Gasteiger partial charge on any atom is 0.313 e. The second kappa shape index (κ2) is 6.71. The first-order chi connectivity index (χ1) is 8.01. The topological polar surface area (TPSA) is 55.8 Å². The Labute approximate surface area is 102 Å². The van der Waals surface area contributed by atoms with E-state index in [-0.39, 0.29) is 24.4 Å². The summed E-state index contributed by atoms with van der Waals surface area (Å²) in [4.78, 5) is 24.8. The quantitative estimate of drug-likeness (QED) is 0.523. The lowest BCUT2D eigenvalue weighted by molar-refractivity contribution is -0.146. The maximum absolute atomic E-state index is 11.6. The Morgan fingerprint density at radius 2 is 1.88 bits per heavy atom. The lowest BCUT2D eigenvalue weighted by Gasteiger charge is -2.34. The number of hydrogen-bond acceptors (Lipinski definition) is 5. The highest BCUT2D eigenvalue weighted by molar-refractivity contribution is 5.96. The van der Waals surface area contributed by atoms with Crippen LogP contribution in [0, 0.1) is 0 Å². The first-order valence-electron chi connectivity index (χ1n) is 6.06. The van der Waals surface area contributed by atoms with Gasteiger partial charge in [0.1, 0.15) is 6.42 Å². The number of carbonyl (C=O) groups is 2. The lowest BCUT2D eigenvalue weighted by Crippen LogP contribution is -2.47. The fraction of sp³-hybridized carbons (Fsp3) is 0.833. The monoisotopic (exact) mass is 243 g/mol. The number of morpholine rings is 1. The van der Waals surface area contributed by atoms with Crippen molar-refractivity contribution in [2.75, 3.05) is 26.2 Å². The molecule has 1 fully saturated rings. The fourth-order valence-electron chi connectivity index (χ4n) is 2.09. The van der Waals surface area contributed by atoms with Crippen LogP contribution in [0.25, 0.3) is 0 Å². The molecule has 0 spiro atoms. The van der Waals surface area contributed by atoms with Gasteiger partial charge in [0.05, 0.1) is 25.4 Å². The highest BCUT2D eigenvalue weighted by atomic mass is 16.5. The summed E-state index contributed by atoms with van der Waals surface area (Å²) in [5, 5.41) is 0. The van der Waals surface area contributed by atoms with Crippen LogP contribution in [0.5, 0.6) is 0 Å². The molecule has 0 aromatic rings. The van der Waals surface area contributed by atoms with Gasteiger partial charge in [0, 0.05) is 13.1 Å². The summed E-state index contributed by atoms with van der Waals surface area (Å²) in [5.74, 6) is -0.531. The summed E-state index contributed by atoms with van der Waals surface area (Å²) in [6.07, 6.45) is 0.136. The molecule has 1 aliphatic rings. The zero-order valence-electron chi connectivity index (χ0n) is 10.8. The number of ether oxygens (including phenoxy) is 2. The molecule has 0 amide bonds. The number of ketones is 1. The van der Waals surface area contributed by atoms with Crippen LogP contribution in [-0.2, 0) is 19.1 Å². The van der Waals surface area contributed by atoms with Gasteiger partial charge in [0.2, 0.25) is 0 Å². The highest BCUT2D eigenvalue weighted by Gasteiger charge is 2.24. The number of esters is 1. The number of rotatable bonds is 5. The molecule has 98 valence electrons. The van der Waals surface area contributed by atoms with Gasteiger partial charge in [0.15, 0.2) is 5.78 Å². The Balaban J connectivity index is 2.32. The molecule has 1 aliphatic heterocycles. The molecule has 1 saturated heterocycles. The van der Waals surface area contributed by atoms with Gasteiger partial charge in [-0.2, -0.15) is 0 Å². The third-order valence-electron chi connectivity index (χ3n) is 2.54. The molecule has 0 aromatic heterocycles. The zero-order chi connectivity index (χ0) is 12.8. The molecule has 0 unspecified atom stereocenters. The molecule has 0 N–H and O–H groups in total. The van der Waals surface area contributed by atoms with Crippen LogP contribution in [0.4, 0.5) is 0 Å². The van der Waals surface area contributed by atoms with E-state index in [2.05, 4.69) is 0 Å². The fourth-order valence-corrected chi connectivity index (χ4v) is 2.09. The highest BCUT2D eigenvalue weighted by Crippen LogP contribution is 2.10. The van der Waals surface area contributed by atoms with Crippen molar-refractivity contribution in [1.82, 2.24) is 4.90 Å². The minimum Gasteiger partial charge on any atom is -0.466 e. The van der Waals surface area contributed by atoms with E-state index in [0.717, 1.165) is 13.1 Å². The van der Waals surface area contributed by atoms with E-state index < -0.39 is 5.97 Å². The molecule has 5 nitrogen and oxygen atoms in total. The summed E-state index contributed by atoms with van der Waals surface area (Å²) in [7, 11) is 0. The lowest BCUT2D eigenvalue weighted by atomic mass is 10.2. The summed E-state index contributed by atoms with van der Waals surface area (Å²) < 4.78 is 10.3. The van der Waals surface area contributed by atoms with Crippen molar-refractivity contribution >= 4 is 11.8 Å². The molecule has 0 aliphatic carbocycles. The van der Waals surface area contributed by atoms with Crippen molar-refractivity contribution in [3.8, 4) is 0 Å². The van der Waals surface area contributed by atoms with Gasteiger partial charge < -0.3 is 9.47 Å². The largest absolute Gasteiger partial charge is 0.466 e. The summed E-state index contributed by atoms with van der Waals surface area (Å²) in [6.45, 7) is 7.79. The van der Waals surface area contributed by atoms with Crippen LogP contribution in [0.15, 0.2) is 0 Å². The van der Waals surface area contributed by atoms with Crippen molar-refractivity contribution in [1.29, 1.82) is 0 Å². The summed E-state index contributed by atoms with van der Waals surface area (Å²) in [6, 6.07) is 0. The molecule has 5 heteroatoms. The van der Waals surface area contributed by atoms with Crippen molar-refractivity contribution in [3.05, 3.63) is 0 Å². The number of hydrogen-bond donors (Lipinski definition) is 0. The van der Waals surface area contributed by atoms with Gasteiger partial charge in [-0.25, -0.2) is 0 Å². The third-order valence-corrected chi connectivity index (χ3v) is 2.54. The van der Waals surface area contributed by atoms with Crippen molar-refractivity contribution in [3.63, 3.8) is 0 Å². The third kappa shape index (κ3) is 5.28. The predicted molar refractivity (Wildman–Crippen MR) is 62.7 cm³/mol. The van der Waals surface area contributed by atoms with Gasteiger partial charge in [0.25, 0.3) is 0 Å². The van der Waals surface area contributed by atoms with Crippen LogP contribution in [0.1, 0.15) is 27.2 Å². The molecule has 0 aromatic carbocycles. The van der Waals surface area contributed by atoms with Crippen molar-refractivity contribution in [2.24, 2.45) is 0 Å². The van der Waals surface area contributed by atoms with Gasteiger partial charge in [-0.15, -0.1) is 0 Å². The minimum absolute atomic E-state index is 0.0928. The molecule has 1 heterocycles. The number of Topliss-reactive ketones (excluding diaryl/α,β-unsaturated/α-hetero) is 1. The maximum atomic E-state index is 11.6. The Kier molecular flexibility index (Phi) is 5.58. The van der Waals surface area contributed by atoms with Crippen LogP contribution >= 0.6 is 0 Å². The summed E-state index contributed by atoms with van der Waals surface area (Å²) >= 11 is 0. The van der Waals surface area contributed by atoms with Crippen LogP contribution in [0.3, 0.4) is 0 Å². The van der Waals surface area contributed by atoms with Crippen LogP contribution in [-0.4, -0.2) is 55.1 Å². The first kappa shape index (κ1) is 14.1. The van der Waals surface area contributed by atoms with E-state index in [4.69, 9.17) is 9.47 Å². The normalized spacial score (nSPS) is 25.6. The van der Waals surface area contributed by atoms with E-state index in [1.165, 1.54) is 0 Å². The molecular formula is C12H21NO4. The standard InChI is InChI=1S/C12H21NO4/c1-4-16-12(15)5-11(14)8-13-6-9(2)17-10(3)7-13/h9-10H,4-8H2,1-3H3/t9-,10+. The predicted octanol–water partition coefficient (Wildman–Crippen LogP) is 0.618. The van der Waals surface area contributed by atoms with Gasteiger partial charge in [-0.1, -0.05) is 0 Å². The zero-order valence-corrected chi connectivity index (χ0v) is 10.8. The molecule has 2 atom stereocenters. The molecule has 17 heavy (non-hydrogen) atoms. The Morgan fingerprint density at radius 1 is 1.29 bits per heavy atom. The number of carbonyl (C=O) groups excluding carboxylic acids is 2. The first-order valence-corrected chi connectivity index (χ1v) is 6.06. The minimum atomic E-state index is -0.438. The summed E-state index contributed by atoms with van der Waals surface area (Å²) in [5.41, 5.74) is 0. The van der Waals surface area contributed by atoms with Crippen LogP contribution in [0.2, 0.25) is 0 Å². The van der Waals surface area contributed by atoms with E-state index in [0.29, 0.717) is 13.2 Å². The smallest absolute Gasteiger partial charge is 0.313 e. The number of nitrogens with zero attached hydrogens (tertiary/aromatic N) is 1. The average Bonchev–Trinajstić information content (AvgIpc) is 2.14. The van der Waals surface area contributed by atoms with Crippen molar-refractivity contribution in [2.45, 2.75) is 39.4 Å². The van der Waals surface area contributed by atoms with E-state index in [1.54, 1.807) is 6.92 Å². The molecule has 0 saturated carbocycles. The van der Waals surface area contributed by atoms with Crippen molar-refractivity contribution < 1.29 is 19.1 Å². The van der Waals surface area contributed by atoms with Gasteiger partial charge >= 0.3 is 5.97 Å². The van der Waals surface area contributed by atoms with Crippen LogP contribution < -0.4 is 0 Å². The van der Waals surface area contributed by atoms with E-state index in [9.17, 15) is 9.59 Å². The Morgan fingerprint density at radius 3 is 2.41 bits per heavy atom. The second-order valence-electron chi connectivity index (χ2n) is 4.47. The van der Waals surface area contributed by atoms with Gasteiger partial charge in [-0.05, 0) is 20.8 Å². The van der Waals surface area contributed by atoms with E-state index in [1.807, 2.05) is 18.7 Å². The Hall–Kier alpha value is -0.940. The molecule has 1 rings (SSSR count). The Bertz CT molecular complexity index is 270. The SMILES string of the molecule is CCOC(=O)CC(=O)CN1C[C@@H](C)O[C@@H](C)C1. The van der Waals surface area contributed by atoms with Gasteiger partial charge in [-0.3, -0.25) is 14.5 Å². The second-order valence-corrected chi connectivity index (χ2v) is 4.47.